The SMILES string of the molecule is COc1cc(NC(=O)Nc2cc(C)n(C)n2)c(OC)cc1Cl. The minimum atomic E-state index is -0.444. The lowest BCUT2D eigenvalue weighted by atomic mass is 10.2. The number of amides is 2. The molecule has 2 amide bonds. The van der Waals surface area contributed by atoms with Crippen LogP contribution in [-0.4, -0.2) is 30.0 Å². The van der Waals surface area contributed by atoms with Crippen LogP contribution in [-0.2, 0) is 7.05 Å². The number of anilines is 2. The van der Waals surface area contributed by atoms with Crippen molar-refractivity contribution in [1.29, 1.82) is 0 Å². The van der Waals surface area contributed by atoms with E-state index in [0.717, 1.165) is 5.69 Å². The van der Waals surface area contributed by atoms with Gasteiger partial charge in [-0.2, -0.15) is 5.10 Å². The van der Waals surface area contributed by atoms with Gasteiger partial charge in [0.1, 0.15) is 11.5 Å². The molecule has 0 radical (unpaired) electrons. The number of ether oxygens (including phenoxy) is 2. The van der Waals surface area contributed by atoms with Crippen molar-refractivity contribution < 1.29 is 14.3 Å². The molecule has 0 saturated carbocycles. The lowest BCUT2D eigenvalue weighted by Crippen LogP contribution is -2.20. The zero-order valence-electron chi connectivity index (χ0n) is 12.7. The van der Waals surface area contributed by atoms with Crippen LogP contribution in [0, 0.1) is 6.92 Å². The third-order valence-electron chi connectivity index (χ3n) is 3.08. The normalized spacial score (nSPS) is 10.2. The number of halogens is 1. The molecule has 1 aromatic carbocycles. The van der Waals surface area contributed by atoms with E-state index in [1.165, 1.54) is 14.2 Å². The van der Waals surface area contributed by atoms with Crippen molar-refractivity contribution >= 4 is 29.1 Å². The number of carbonyl (C=O) groups excluding carboxylic acids is 1. The second kappa shape index (κ2) is 6.57. The minimum Gasteiger partial charge on any atom is -0.495 e. The van der Waals surface area contributed by atoms with E-state index in [-0.39, 0.29) is 0 Å². The van der Waals surface area contributed by atoms with Gasteiger partial charge in [-0.1, -0.05) is 11.6 Å². The molecule has 0 fully saturated rings. The fourth-order valence-corrected chi connectivity index (χ4v) is 2.08. The highest BCUT2D eigenvalue weighted by Crippen LogP contribution is 2.35. The Morgan fingerprint density at radius 1 is 1.18 bits per heavy atom. The van der Waals surface area contributed by atoms with Crippen molar-refractivity contribution in [3.05, 3.63) is 28.9 Å². The van der Waals surface area contributed by atoms with Gasteiger partial charge in [0, 0.05) is 30.9 Å². The number of aryl methyl sites for hydroxylation is 2. The van der Waals surface area contributed by atoms with Crippen molar-refractivity contribution in [3.63, 3.8) is 0 Å². The van der Waals surface area contributed by atoms with Crippen molar-refractivity contribution in [2.24, 2.45) is 7.05 Å². The van der Waals surface area contributed by atoms with Gasteiger partial charge in [0.15, 0.2) is 5.82 Å². The third kappa shape index (κ3) is 3.43. The molecule has 2 aromatic rings. The predicted octanol–water partition coefficient (Wildman–Crippen LogP) is 3.04. The van der Waals surface area contributed by atoms with E-state index in [1.807, 2.05) is 6.92 Å². The molecule has 0 aliphatic rings. The summed E-state index contributed by atoms with van der Waals surface area (Å²) in [5.74, 6) is 1.32. The number of hydrogen-bond donors (Lipinski definition) is 2. The number of nitrogens with zero attached hydrogens (tertiary/aromatic N) is 2. The maximum absolute atomic E-state index is 12.1. The summed E-state index contributed by atoms with van der Waals surface area (Å²) in [4.78, 5) is 12.1. The Balaban J connectivity index is 2.16. The average molecular weight is 325 g/mol. The Kier molecular flexibility index (Phi) is 4.77. The summed E-state index contributed by atoms with van der Waals surface area (Å²) in [6.45, 7) is 1.89. The molecule has 0 atom stereocenters. The van der Waals surface area contributed by atoms with Crippen LogP contribution in [0.5, 0.6) is 11.5 Å². The van der Waals surface area contributed by atoms with Gasteiger partial charge in [-0.25, -0.2) is 4.79 Å². The van der Waals surface area contributed by atoms with Crippen LogP contribution in [0.25, 0.3) is 0 Å². The number of methoxy groups -OCH3 is 2. The first-order chi connectivity index (χ1) is 10.4. The summed E-state index contributed by atoms with van der Waals surface area (Å²) in [6, 6.07) is 4.48. The summed E-state index contributed by atoms with van der Waals surface area (Å²) in [5.41, 5.74) is 1.37. The first-order valence-corrected chi connectivity index (χ1v) is 6.82. The molecule has 0 saturated heterocycles. The maximum atomic E-state index is 12.1. The summed E-state index contributed by atoms with van der Waals surface area (Å²) >= 11 is 6.02. The number of benzene rings is 1. The molecule has 0 bridgehead atoms. The first-order valence-electron chi connectivity index (χ1n) is 6.44. The van der Waals surface area contributed by atoms with Crippen molar-refractivity contribution in [3.8, 4) is 11.5 Å². The highest BCUT2D eigenvalue weighted by atomic mass is 35.5. The average Bonchev–Trinajstić information content (AvgIpc) is 2.78. The highest BCUT2D eigenvalue weighted by molar-refractivity contribution is 6.32. The number of urea groups is 1. The molecule has 0 spiro atoms. The van der Waals surface area contributed by atoms with E-state index in [4.69, 9.17) is 21.1 Å². The number of aromatic nitrogens is 2. The number of nitrogens with one attached hydrogen (secondary N) is 2. The zero-order chi connectivity index (χ0) is 16.3. The van der Waals surface area contributed by atoms with Gasteiger partial charge in [0.25, 0.3) is 0 Å². The lowest BCUT2D eigenvalue weighted by Gasteiger charge is -2.13. The van der Waals surface area contributed by atoms with E-state index in [2.05, 4.69) is 15.7 Å². The first kappa shape index (κ1) is 16.0. The summed E-state index contributed by atoms with van der Waals surface area (Å²) in [6.07, 6.45) is 0. The van der Waals surface area contributed by atoms with Crippen LogP contribution < -0.4 is 20.1 Å². The van der Waals surface area contributed by atoms with Crippen LogP contribution in [0.1, 0.15) is 5.69 Å². The topological polar surface area (TPSA) is 77.4 Å². The molecule has 0 aliphatic carbocycles. The lowest BCUT2D eigenvalue weighted by molar-refractivity contribution is 0.262. The predicted molar refractivity (Wildman–Crippen MR) is 85.1 cm³/mol. The monoisotopic (exact) mass is 324 g/mol. The second-order valence-corrected chi connectivity index (χ2v) is 4.97. The highest BCUT2D eigenvalue weighted by Gasteiger charge is 2.13. The Bertz CT molecular complexity index is 680. The van der Waals surface area contributed by atoms with E-state index in [1.54, 1.807) is 29.9 Å². The number of hydrogen-bond acceptors (Lipinski definition) is 4. The van der Waals surface area contributed by atoms with Gasteiger partial charge in [-0.05, 0) is 6.92 Å². The summed E-state index contributed by atoms with van der Waals surface area (Å²) < 4.78 is 12.0. The molecular weight excluding hydrogens is 308 g/mol. The largest absolute Gasteiger partial charge is 0.495 e. The van der Waals surface area contributed by atoms with Crippen LogP contribution in [0.3, 0.4) is 0 Å². The van der Waals surface area contributed by atoms with Crippen molar-refractivity contribution in [2.75, 3.05) is 24.9 Å². The Labute approximate surface area is 133 Å². The van der Waals surface area contributed by atoms with Crippen LogP contribution >= 0.6 is 11.6 Å². The number of rotatable bonds is 4. The Morgan fingerprint density at radius 3 is 2.41 bits per heavy atom. The fraction of sp³-hybridized carbons (Fsp3) is 0.286. The quantitative estimate of drug-likeness (QED) is 0.906. The molecule has 2 rings (SSSR count). The van der Waals surface area contributed by atoms with E-state index < -0.39 is 6.03 Å². The van der Waals surface area contributed by atoms with E-state index >= 15 is 0 Å². The molecule has 8 heteroatoms. The molecule has 22 heavy (non-hydrogen) atoms. The summed E-state index contributed by atoms with van der Waals surface area (Å²) in [7, 11) is 4.78. The van der Waals surface area contributed by atoms with Crippen LogP contribution in [0.4, 0.5) is 16.3 Å². The smallest absolute Gasteiger partial charge is 0.325 e. The van der Waals surface area contributed by atoms with Gasteiger partial charge in [0.05, 0.1) is 24.9 Å². The zero-order valence-corrected chi connectivity index (χ0v) is 13.5. The van der Waals surface area contributed by atoms with E-state index in [9.17, 15) is 4.79 Å². The maximum Gasteiger partial charge on any atom is 0.325 e. The fourth-order valence-electron chi connectivity index (χ4n) is 1.85. The Morgan fingerprint density at radius 2 is 1.86 bits per heavy atom. The molecule has 0 aliphatic heterocycles. The molecule has 2 N–H and O–H groups in total. The third-order valence-corrected chi connectivity index (χ3v) is 3.37. The molecule has 7 nitrogen and oxygen atoms in total. The number of carbonyl (C=O) groups is 1. The van der Waals surface area contributed by atoms with Crippen LogP contribution in [0.2, 0.25) is 5.02 Å². The minimum absolute atomic E-state index is 0.394. The van der Waals surface area contributed by atoms with Gasteiger partial charge in [-0.15, -0.1) is 0 Å². The van der Waals surface area contributed by atoms with Crippen molar-refractivity contribution in [1.82, 2.24) is 9.78 Å². The molecule has 1 aromatic heterocycles. The molecular formula is C14H17ClN4O3. The van der Waals surface area contributed by atoms with Crippen molar-refractivity contribution in [2.45, 2.75) is 6.92 Å². The second-order valence-electron chi connectivity index (χ2n) is 4.56. The van der Waals surface area contributed by atoms with Gasteiger partial charge >= 0.3 is 6.03 Å². The standard InChI is InChI=1S/C14H17ClN4O3/c1-8-5-13(18-19(8)2)17-14(20)16-10-7-11(21-3)9(15)6-12(10)22-4/h5-7H,1-4H3,(H2,16,17,18,20). The summed E-state index contributed by atoms with van der Waals surface area (Å²) in [5, 5.41) is 9.87. The molecule has 0 unspecified atom stereocenters. The van der Waals surface area contributed by atoms with Crippen LogP contribution in [0.15, 0.2) is 18.2 Å². The van der Waals surface area contributed by atoms with Gasteiger partial charge in [-0.3, -0.25) is 10.00 Å². The van der Waals surface area contributed by atoms with E-state index in [0.29, 0.717) is 28.0 Å². The Hall–Kier alpha value is -2.41. The molecule has 118 valence electrons. The van der Waals surface area contributed by atoms with Gasteiger partial charge in [0.2, 0.25) is 0 Å². The molecule has 1 heterocycles. The van der Waals surface area contributed by atoms with Gasteiger partial charge < -0.3 is 14.8 Å².